The standard InChI is InChI=1S/C11H18N2O6S/c14-10(15)9-7-13(3-4-19-9)11(16)12-6-8-2-1-5-20(8,17)18/h8-9H,1-7H2,(H,12,16)(H,14,15). The molecule has 0 aromatic carbocycles. The van der Waals surface area contributed by atoms with Crippen LogP contribution in [0.25, 0.3) is 0 Å². The van der Waals surface area contributed by atoms with Crippen molar-refractivity contribution in [1.29, 1.82) is 0 Å². The van der Waals surface area contributed by atoms with Gasteiger partial charge >= 0.3 is 12.0 Å². The van der Waals surface area contributed by atoms with E-state index in [2.05, 4.69) is 5.32 Å². The molecule has 8 nitrogen and oxygen atoms in total. The van der Waals surface area contributed by atoms with Gasteiger partial charge in [-0.25, -0.2) is 18.0 Å². The van der Waals surface area contributed by atoms with Crippen LogP contribution in [0.15, 0.2) is 0 Å². The van der Waals surface area contributed by atoms with Gasteiger partial charge in [0.1, 0.15) is 0 Å². The summed E-state index contributed by atoms with van der Waals surface area (Å²) in [5.41, 5.74) is 0. The molecule has 2 amide bonds. The fraction of sp³-hybridized carbons (Fsp3) is 0.818. The van der Waals surface area contributed by atoms with E-state index in [1.807, 2.05) is 0 Å². The van der Waals surface area contributed by atoms with Crippen molar-refractivity contribution in [1.82, 2.24) is 10.2 Å². The molecule has 0 saturated carbocycles. The van der Waals surface area contributed by atoms with Crippen molar-refractivity contribution in [2.45, 2.75) is 24.2 Å². The molecule has 0 aromatic heterocycles. The molecule has 2 aliphatic heterocycles. The molecule has 2 heterocycles. The molecule has 0 bridgehead atoms. The molecule has 114 valence electrons. The van der Waals surface area contributed by atoms with Crippen LogP contribution in [0.1, 0.15) is 12.8 Å². The Hall–Kier alpha value is -1.35. The number of hydrogen-bond donors (Lipinski definition) is 2. The third-order valence-electron chi connectivity index (χ3n) is 3.57. The van der Waals surface area contributed by atoms with Crippen molar-refractivity contribution in [3.8, 4) is 0 Å². The number of ether oxygens (including phenoxy) is 1. The number of morpholine rings is 1. The SMILES string of the molecule is O=C(O)C1CN(C(=O)NCC2CCCS2(=O)=O)CCO1. The number of urea groups is 1. The van der Waals surface area contributed by atoms with E-state index in [1.54, 1.807) is 0 Å². The van der Waals surface area contributed by atoms with Gasteiger partial charge < -0.3 is 20.1 Å². The Bertz CT molecular complexity index is 491. The molecule has 2 atom stereocenters. The Morgan fingerprint density at radius 2 is 2.15 bits per heavy atom. The van der Waals surface area contributed by atoms with Gasteiger partial charge in [0.25, 0.3) is 0 Å². The fourth-order valence-corrected chi connectivity index (χ4v) is 4.15. The van der Waals surface area contributed by atoms with E-state index < -0.39 is 33.2 Å². The molecule has 0 radical (unpaired) electrons. The van der Waals surface area contributed by atoms with Crippen LogP contribution in [0.5, 0.6) is 0 Å². The first kappa shape index (κ1) is 15.0. The monoisotopic (exact) mass is 306 g/mol. The van der Waals surface area contributed by atoms with Crippen molar-refractivity contribution in [2.24, 2.45) is 0 Å². The van der Waals surface area contributed by atoms with E-state index in [-0.39, 0.29) is 25.4 Å². The van der Waals surface area contributed by atoms with Crippen LogP contribution in [-0.4, -0.2) is 73.8 Å². The Morgan fingerprint density at radius 1 is 1.40 bits per heavy atom. The van der Waals surface area contributed by atoms with E-state index in [0.717, 1.165) is 0 Å². The van der Waals surface area contributed by atoms with Crippen LogP contribution in [-0.2, 0) is 19.4 Å². The highest BCUT2D eigenvalue weighted by Gasteiger charge is 2.33. The second-order valence-corrected chi connectivity index (χ2v) is 7.36. The number of carboxylic acid groups (broad SMARTS) is 1. The summed E-state index contributed by atoms with van der Waals surface area (Å²) < 4.78 is 28.3. The van der Waals surface area contributed by atoms with Crippen LogP contribution in [0.4, 0.5) is 4.79 Å². The van der Waals surface area contributed by atoms with Gasteiger partial charge in [0.2, 0.25) is 0 Å². The summed E-state index contributed by atoms with van der Waals surface area (Å²) in [6.45, 7) is 0.508. The van der Waals surface area contributed by atoms with Gasteiger partial charge in [0.15, 0.2) is 15.9 Å². The van der Waals surface area contributed by atoms with Crippen LogP contribution in [0.3, 0.4) is 0 Å². The highest BCUT2D eigenvalue weighted by atomic mass is 32.2. The third-order valence-corrected chi connectivity index (χ3v) is 5.85. The maximum Gasteiger partial charge on any atom is 0.334 e. The average Bonchev–Trinajstić information content (AvgIpc) is 2.75. The average molecular weight is 306 g/mol. The molecule has 0 aliphatic carbocycles. The predicted molar refractivity (Wildman–Crippen MR) is 69.2 cm³/mol. The lowest BCUT2D eigenvalue weighted by atomic mass is 10.2. The van der Waals surface area contributed by atoms with Gasteiger partial charge in [-0.3, -0.25) is 0 Å². The minimum atomic E-state index is -3.09. The molecule has 2 unspecified atom stereocenters. The Labute approximate surface area is 117 Å². The minimum Gasteiger partial charge on any atom is -0.479 e. The molecule has 9 heteroatoms. The molecule has 2 rings (SSSR count). The summed E-state index contributed by atoms with van der Waals surface area (Å²) in [4.78, 5) is 24.1. The second-order valence-electron chi connectivity index (χ2n) is 4.96. The lowest BCUT2D eigenvalue weighted by Crippen LogP contribution is -2.52. The van der Waals surface area contributed by atoms with Gasteiger partial charge in [-0.15, -0.1) is 0 Å². The molecule has 2 saturated heterocycles. The van der Waals surface area contributed by atoms with E-state index in [4.69, 9.17) is 9.84 Å². The van der Waals surface area contributed by atoms with E-state index in [9.17, 15) is 18.0 Å². The molecular weight excluding hydrogens is 288 g/mol. The smallest absolute Gasteiger partial charge is 0.334 e. The highest BCUT2D eigenvalue weighted by molar-refractivity contribution is 7.92. The molecule has 0 spiro atoms. The molecule has 2 aliphatic rings. The number of hydrogen-bond acceptors (Lipinski definition) is 5. The predicted octanol–water partition coefficient (Wildman–Crippen LogP) is -0.941. The van der Waals surface area contributed by atoms with Crippen LogP contribution >= 0.6 is 0 Å². The molecule has 2 fully saturated rings. The topological polar surface area (TPSA) is 113 Å². The summed E-state index contributed by atoms with van der Waals surface area (Å²) >= 11 is 0. The quantitative estimate of drug-likeness (QED) is 0.695. The number of carbonyl (C=O) groups excluding carboxylic acids is 1. The summed E-state index contributed by atoms with van der Waals surface area (Å²) in [7, 11) is -3.09. The minimum absolute atomic E-state index is 0.0292. The number of carbonyl (C=O) groups is 2. The number of aliphatic carboxylic acids is 1. The van der Waals surface area contributed by atoms with Crippen molar-refractivity contribution in [2.75, 3.05) is 32.0 Å². The van der Waals surface area contributed by atoms with Gasteiger partial charge in [-0.05, 0) is 12.8 Å². The van der Waals surface area contributed by atoms with Crippen LogP contribution in [0.2, 0.25) is 0 Å². The first-order valence-corrected chi connectivity index (χ1v) is 8.20. The molecule has 0 aromatic rings. The summed E-state index contributed by atoms with van der Waals surface area (Å²) in [5, 5.41) is 10.9. The van der Waals surface area contributed by atoms with Gasteiger partial charge in [0, 0.05) is 13.1 Å². The van der Waals surface area contributed by atoms with Crippen LogP contribution in [0, 0.1) is 0 Å². The Morgan fingerprint density at radius 3 is 2.75 bits per heavy atom. The zero-order valence-corrected chi connectivity index (χ0v) is 11.8. The number of nitrogens with zero attached hydrogens (tertiary/aromatic N) is 1. The molecule has 20 heavy (non-hydrogen) atoms. The number of carboxylic acids is 1. The third kappa shape index (κ3) is 3.40. The first-order chi connectivity index (χ1) is 9.40. The van der Waals surface area contributed by atoms with Gasteiger partial charge in [-0.1, -0.05) is 0 Å². The van der Waals surface area contributed by atoms with E-state index in [0.29, 0.717) is 19.4 Å². The zero-order chi connectivity index (χ0) is 14.8. The van der Waals surface area contributed by atoms with Crippen molar-refractivity contribution < 1.29 is 27.9 Å². The van der Waals surface area contributed by atoms with Gasteiger partial charge in [0.05, 0.1) is 24.2 Å². The number of nitrogens with one attached hydrogen (secondary N) is 1. The number of amides is 2. The number of rotatable bonds is 3. The van der Waals surface area contributed by atoms with Crippen molar-refractivity contribution >= 4 is 21.8 Å². The first-order valence-electron chi connectivity index (χ1n) is 6.49. The van der Waals surface area contributed by atoms with Crippen molar-refractivity contribution in [3.63, 3.8) is 0 Å². The number of sulfone groups is 1. The van der Waals surface area contributed by atoms with E-state index >= 15 is 0 Å². The van der Waals surface area contributed by atoms with E-state index in [1.165, 1.54) is 4.90 Å². The van der Waals surface area contributed by atoms with Gasteiger partial charge in [-0.2, -0.15) is 0 Å². The van der Waals surface area contributed by atoms with Crippen molar-refractivity contribution in [3.05, 3.63) is 0 Å². The zero-order valence-electron chi connectivity index (χ0n) is 10.9. The summed E-state index contributed by atoms with van der Waals surface area (Å²) in [6, 6.07) is -0.443. The second kappa shape index (κ2) is 5.96. The summed E-state index contributed by atoms with van der Waals surface area (Å²) in [5.74, 6) is -0.938. The highest BCUT2D eigenvalue weighted by Crippen LogP contribution is 2.19. The fourth-order valence-electron chi connectivity index (χ4n) is 2.38. The maximum absolute atomic E-state index is 11.9. The Kier molecular flexibility index (Phi) is 4.48. The lowest BCUT2D eigenvalue weighted by Gasteiger charge is -2.31. The lowest BCUT2D eigenvalue weighted by molar-refractivity contribution is -0.154. The van der Waals surface area contributed by atoms with Crippen LogP contribution < -0.4 is 5.32 Å². The normalized spacial score (nSPS) is 29.1. The molecule has 2 N–H and O–H groups in total. The Balaban J connectivity index is 1.84. The largest absolute Gasteiger partial charge is 0.479 e. The maximum atomic E-state index is 11.9. The summed E-state index contributed by atoms with van der Waals surface area (Å²) in [6.07, 6.45) is 0.162. The molecular formula is C11H18N2O6S.